The maximum Gasteiger partial charge on any atom is 0.255 e. The van der Waals surface area contributed by atoms with Crippen LogP contribution < -0.4 is 10.6 Å². The van der Waals surface area contributed by atoms with Crippen molar-refractivity contribution in [3.05, 3.63) is 24.0 Å². The van der Waals surface area contributed by atoms with Crippen LogP contribution in [0, 0.1) is 5.92 Å². The first kappa shape index (κ1) is 12.3. The molecule has 0 radical (unpaired) electrons. The fourth-order valence-electron chi connectivity index (χ4n) is 1.52. The SMILES string of the molecule is O=C(NCCNC(=O)C1CC1)c1ccncc1O. The van der Waals surface area contributed by atoms with Crippen molar-refractivity contribution < 1.29 is 14.7 Å². The van der Waals surface area contributed by atoms with E-state index in [9.17, 15) is 14.7 Å². The van der Waals surface area contributed by atoms with Crippen molar-refractivity contribution in [2.45, 2.75) is 12.8 Å². The Hall–Kier alpha value is -2.11. The lowest BCUT2D eigenvalue weighted by atomic mass is 10.2. The number of hydrogen-bond donors (Lipinski definition) is 3. The van der Waals surface area contributed by atoms with Gasteiger partial charge in [0.25, 0.3) is 5.91 Å². The van der Waals surface area contributed by atoms with Crippen LogP contribution in [-0.4, -0.2) is 35.0 Å². The number of carbonyl (C=O) groups is 2. The van der Waals surface area contributed by atoms with Gasteiger partial charge in [-0.05, 0) is 18.9 Å². The third-order valence-corrected chi connectivity index (χ3v) is 2.70. The maximum atomic E-state index is 11.6. The van der Waals surface area contributed by atoms with Gasteiger partial charge in [0, 0.05) is 25.2 Å². The van der Waals surface area contributed by atoms with Crippen LogP contribution >= 0.6 is 0 Å². The van der Waals surface area contributed by atoms with Gasteiger partial charge in [0.2, 0.25) is 5.91 Å². The van der Waals surface area contributed by atoms with E-state index in [1.807, 2.05) is 0 Å². The van der Waals surface area contributed by atoms with Gasteiger partial charge in [0.05, 0.1) is 11.8 Å². The van der Waals surface area contributed by atoms with Gasteiger partial charge in [-0.1, -0.05) is 0 Å². The van der Waals surface area contributed by atoms with Crippen LogP contribution in [0.1, 0.15) is 23.2 Å². The predicted octanol–water partition coefficient (Wildman–Crippen LogP) is 0.0432. The molecule has 3 N–H and O–H groups in total. The molecule has 0 unspecified atom stereocenters. The molecule has 2 rings (SSSR count). The number of nitrogens with zero attached hydrogens (tertiary/aromatic N) is 1. The van der Waals surface area contributed by atoms with Crippen molar-refractivity contribution in [1.82, 2.24) is 15.6 Å². The van der Waals surface area contributed by atoms with Crippen molar-refractivity contribution in [2.24, 2.45) is 5.92 Å². The Morgan fingerprint density at radius 3 is 2.72 bits per heavy atom. The summed E-state index contributed by atoms with van der Waals surface area (Å²) in [6.07, 6.45) is 4.57. The zero-order chi connectivity index (χ0) is 13.0. The van der Waals surface area contributed by atoms with Gasteiger partial charge in [-0.2, -0.15) is 0 Å². The zero-order valence-corrected chi connectivity index (χ0v) is 9.85. The second kappa shape index (κ2) is 5.48. The standard InChI is InChI=1S/C12H15N3O3/c16-10-7-13-4-3-9(10)12(18)15-6-5-14-11(17)8-1-2-8/h3-4,7-8,16H,1-2,5-6H2,(H,14,17)(H,15,18). The van der Waals surface area contributed by atoms with Crippen LogP contribution in [0.15, 0.2) is 18.5 Å². The van der Waals surface area contributed by atoms with Gasteiger partial charge < -0.3 is 15.7 Å². The summed E-state index contributed by atoms with van der Waals surface area (Å²) in [5.41, 5.74) is 0.179. The first-order valence-electron chi connectivity index (χ1n) is 5.87. The Kier molecular flexibility index (Phi) is 3.76. The first-order chi connectivity index (χ1) is 8.68. The van der Waals surface area contributed by atoms with E-state index in [0.717, 1.165) is 12.8 Å². The molecule has 96 valence electrons. The van der Waals surface area contributed by atoms with Crippen molar-refractivity contribution in [3.8, 4) is 5.75 Å². The Labute approximate surface area is 104 Å². The molecule has 1 saturated carbocycles. The Morgan fingerprint density at radius 2 is 2.06 bits per heavy atom. The lowest BCUT2D eigenvalue weighted by Crippen LogP contribution is -2.35. The molecule has 0 aliphatic heterocycles. The summed E-state index contributed by atoms with van der Waals surface area (Å²) >= 11 is 0. The van der Waals surface area contributed by atoms with E-state index >= 15 is 0 Å². The molecule has 2 amide bonds. The van der Waals surface area contributed by atoms with E-state index in [1.165, 1.54) is 18.5 Å². The second-order valence-corrected chi connectivity index (χ2v) is 4.21. The van der Waals surface area contributed by atoms with E-state index in [0.29, 0.717) is 13.1 Å². The number of nitrogens with one attached hydrogen (secondary N) is 2. The molecule has 1 aliphatic rings. The fraction of sp³-hybridized carbons (Fsp3) is 0.417. The normalized spacial score (nSPS) is 14.0. The van der Waals surface area contributed by atoms with Gasteiger partial charge >= 0.3 is 0 Å². The van der Waals surface area contributed by atoms with Gasteiger partial charge in [-0.25, -0.2) is 0 Å². The lowest BCUT2D eigenvalue weighted by molar-refractivity contribution is -0.122. The summed E-state index contributed by atoms with van der Waals surface area (Å²) in [5, 5.41) is 14.8. The molecule has 1 fully saturated rings. The highest BCUT2D eigenvalue weighted by Crippen LogP contribution is 2.28. The second-order valence-electron chi connectivity index (χ2n) is 4.21. The van der Waals surface area contributed by atoms with Crippen LogP contribution in [0.3, 0.4) is 0 Å². The molecule has 0 atom stereocenters. The number of rotatable bonds is 5. The molecular formula is C12H15N3O3. The van der Waals surface area contributed by atoms with Gasteiger partial charge in [-0.15, -0.1) is 0 Å². The largest absolute Gasteiger partial charge is 0.505 e. The summed E-state index contributed by atoms with van der Waals surface area (Å²) in [6.45, 7) is 0.728. The van der Waals surface area contributed by atoms with Crippen LogP contribution in [0.25, 0.3) is 0 Å². The summed E-state index contributed by atoms with van der Waals surface area (Å²) in [5.74, 6) is -0.312. The number of aromatic hydroxyl groups is 1. The van der Waals surface area contributed by atoms with E-state index in [2.05, 4.69) is 15.6 Å². The number of carbonyl (C=O) groups excluding carboxylic acids is 2. The lowest BCUT2D eigenvalue weighted by Gasteiger charge is -2.07. The average Bonchev–Trinajstić information content (AvgIpc) is 3.19. The smallest absolute Gasteiger partial charge is 0.255 e. The van der Waals surface area contributed by atoms with Gasteiger partial charge in [0.1, 0.15) is 5.75 Å². The van der Waals surface area contributed by atoms with E-state index < -0.39 is 0 Å². The summed E-state index contributed by atoms with van der Waals surface area (Å²) in [7, 11) is 0. The van der Waals surface area contributed by atoms with Crippen molar-refractivity contribution in [3.63, 3.8) is 0 Å². The van der Waals surface area contributed by atoms with E-state index in [4.69, 9.17) is 0 Å². The number of amides is 2. The van der Waals surface area contributed by atoms with Crippen LogP contribution in [0.2, 0.25) is 0 Å². The highest BCUT2D eigenvalue weighted by atomic mass is 16.3. The van der Waals surface area contributed by atoms with Crippen LogP contribution in [-0.2, 0) is 4.79 Å². The quantitative estimate of drug-likeness (QED) is 0.643. The Morgan fingerprint density at radius 1 is 1.33 bits per heavy atom. The molecular weight excluding hydrogens is 234 g/mol. The molecule has 1 heterocycles. The van der Waals surface area contributed by atoms with Crippen LogP contribution in [0.5, 0.6) is 5.75 Å². The summed E-state index contributed by atoms with van der Waals surface area (Å²) in [6, 6.07) is 1.44. The average molecular weight is 249 g/mol. The van der Waals surface area contributed by atoms with Crippen molar-refractivity contribution in [2.75, 3.05) is 13.1 Å². The molecule has 1 aromatic rings. The van der Waals surface area contributed by atoms with Gasteiger partial charge in [-0.3, -0.25) is 14.6 Å². The number of pyridine rings is 1. The van der Waals surface area contributed by atoms with Crippen molar-refractivity contribution in [1.29, 1.82) is 0 Å². The molecule has 6 heteroatoms. The molecule has 6 nitrogen and oxygen atoms in total. The summed E-state index contributed by atoms with van der Waals surface area (Å²) < 4.78 is 0. The zero-order valence-electron chi connectivity index (χ0n) is 9.85. The first-order valence-corrected chi connectivity index (χ1v) is 5.87. The molecule has 18 heavy (non-hydrogen) atoms. The third kappa shape index (κ3) is 3.19. The Bertz CT molecular complexity index is 458. The van der Waals surface area contributed by atoms with E-state index in [1.54, 1.807) is 0 Å². The highest BCUT2D eigenvalue weighted by Gasteiger charge is 2.28. The van der Waals surface area contributed by atoms with Crippen molar-refractivity contribution >= 4 is 11.8 Å². The van der Waals surface area contributed by atoms with E-state index in [-0.39, 0.29) is 29.0 Å². The minimum Gasteiger partial charge on any atom is -0.505 e. The monoisotopic (exact) mass is 249 g/mol. The minimum atomic E-state index is -0.379. The predicted molar refractivity (Wildman–Crippen MR) is 64.0 cm³/mol. The fourth-order valence-corrected chi connectivity index (χ4v) is 1.52. The minimum absolute atomic E-state index is 0.0519. The number of aromatic nitrogens is 1. The summed E-state index contributed by atoms with van der Waals surface area (Å²) in [4.78, 5) is 26.6. The molecule has 1 aliphatic carbocycles. The highest BCUT2D eigenvalue weighted by molar-refractivity contribution is 5.96. The Balaban J connectivity index is 1.71. The maximum absolute atomic E-state index is 11.6. The topological polar surface area (TPSA) is 91.3 Å². The van der Waals surface area contributed by atoms with Gasteiger partial charge in [0.15, 0.2) is 0 Å². The molecule has 1 aromatic heterocycles. The molecule has 0 saturated heterocycles. The number of hydrogen-bond acceptors (Lipinski definition) is 4. The molecule has 0 aromatic carbocycles. The molecule has 0 bridgehead atoms. The molecule has 0 spiro atoms. The third-order valence-electron chi connectivity index (χ3n) is 2.70. The van der Waals surface area contributed by atoms with Crippen LogP contribution in [0.4, 0.5) is 0 Å².